The smallest absolute Gasteiger partial charge is 0.115 e. The molecule has 2 nitrogen and oxygen atoms in total. The third kappa shape index (κ3) is 1.22. The molecule has 0 saturated carbocycles. The van der Waals surface area contributed by atoms with E-state index in [0.717, 1.165) is 5.70 Å². The summed E-state index contributed by atoms with van der Waals surface area (Å²) in [6.45, 7) is 1.93. The molecule has 8 heavy (non-hydrogen) atoms. The molecule has 0 aromatic carbocycles. The van der Waals surface area contributed by atoms with Crippen molar-refractivity contribution in [3.8, 4) is 0 Å². The number of allylic oxidation sites excluding steroid dienone is 3. The molecule has 1 heterocycles. The zero-order chi connectivity index (χ0) is 5.82. The third-order valence-electron chi connectivity index (χ3n) is 0.838. The molecule has 0 aliphatic carbocycles. The van der Waals surface area contributed by atoms with Crippen molar-refractivity contribution in [2.75, 3.05) is 0 Å². The summed E-state index contributed by atoms with van der Waals surface area (Å²) in [7, 11) is 0. The van der Waals surface area contributed by atoms with Gasteiger partial charge in [0.15, 0.2) is 0 Å². The van der Waals surface area contributed by atoms with Crippen molar-refractivity contribution < 1.29 is 0 Å². The molecule has 1 radical (unpaired) electrons. The molecular weight excluding hydrogens is 100 g/mol. The molecule has 0 bridgehead atoms. The SMILES string of the molecule is CC1=CC=C[N]C=N1. The minimum absolute atomic E-state index is 0.988. The predicted octanol–water partition coefficient (Wildman–Crippen LogP) is 1.05. The molecule has 0 aromatic heterocycles. The standard InChI is InChI=1S/C6H7N2/c1-6-3-2-4-7-5-8-6/h2-5H,1H3. The van der Waals surface area contributed by atoms with Crippen LogP contribution in [0.3, 0.4) is 0 Å². The Kier molecular flexibility index (Phi) is 1.47. The van der Waals surface area contributed by atoms with Gasteiger partial charge in [-0.15, -0.1) is 0 Å². The molecule has 2 heteroatoms. The second-order valence-electron chi connectivity index (χ2n) is 1.54. The van der Waals surface area contributed by atoms with Crippen molar-refractivity contribution in [1.82, 2.24) is 5.32 Å². The van der Waals surface area contributed by atoms with Crippen molar-refractivity contribution in [2.24, 2.45) is 4.99 Å². The van der Waals surface area contributed by atoms with Crippen LogP contribution in [0.4, 0.5) is 0 Å². The summed E-state index contributed by atoms with van der Waals surface area (Å²) in [5, 5.41) is 3.80. The number of rotatable bonds is 0. The second kappa shape index (κ2) is 2.31. The summed E-state index contributed by atoms with van der Waals surface area (Å²) in [5.41, 5.74) is 0.988. The fraction of sp³-hybridized carbons (Fsp3) is 0.167. The quantitative estimate of drug-likeness (QED) is 0.442. The molecule has 0 amide bonds. The van der Waals surface area contributed by atoms with Crippen molar-refractivity contribution in [2.45, 2.75) is 6.92 Å². The van der Waals surface area contributed by atoms with Crippen LogP contribution >= 0.6 is 0 Å². The maximum atomic E-state index is 3.93. The first-order valence-electron chi connectivity index (χ1n) is 2.45. The van der Waals surface area contributed by atoms with Gasteiger partial charge in [-0.05, 0) is 19.1 Å². The van der Waals surface area contributed by atoms with Gasteiger partial charge in [0.2, 0.25) is 0 Å². The highest BCUT2D eigenvalue weighted by Gasteiger charge is 1.81. The number of nitrogens with zero attached hydrogens (tertiary/aromatic N) is 2. The number of hydrogen-bond donors (Lipinski definition) is 0. The van der Waals surface area contributed by atoms with Crippen LogP contribution in [0.2, 0.25) is 0 Å². The first-order valence-corrected chi connectivity index (χ1v) is 2.45. The highest BCUT2D eigenvalue weighted by Crippen LogP contribution is 1.94. The van der Waals surface area contributed by atoms with E-state index in [0.29, 0.717) is 0 Å². The first-order chi connectivity index (χ1) is 3.89. The zero-order valence-corrected chi connectivity index (χ0v) is 4.70. The van der Waals surface area contributed by atoms with Gasteiger partial charge in [0, 0.05) is 11.9 Å². The summed E-state index contributed by atoms with van der Waals surface area (Å²) in [4.78, 5) is 3.93. The maximum Gasteiger partial charge on any atom is 0.115 e. The highest BCUT2D eigenvalue weighted by molar-refractivity contribution is 5.58. The molecule has 1 rings (SSSR count). The van der Waals surface area contributed by atoms with Crippen molar-refractivity contribution in [1.29, 1.82) is 0 Å². The Balaban J connectivity index is 2.73. The van der Waals surface area contributed by atoms with E-state index in [2.05, 4.69) is 10.3 Å². The Morgan fingerprint density at radius 3 is 3.25 bits per heavy atom. The van der Waals surface area contributed by atoms with Crippen LogP contribution in [-0.4, -0.2) is 6.34 Å². The van der Waals surface area contributed by atoms with Crippen LogP contribution < -0.4 is 5.32 Å². The van der Waals surface area contributed by atoms with Crippen LogP contribution in [0.1, 0.15) is 6.92 Å². The molecular formula is C6H7N2. The van der Waals surface area contributed by atoms with Crippen LogP contribution in [0.15, 0.2) is 29.0 Å². The largest absolute Gasteiger partial charge is 0.245 e. The second-order valence-corrected chi connectivity index (χ2v) is 1.54. The predicted molar refractivity (Wildman–Crippen MR) is 33.5 cm³/mol. The summed E-state index contributed by atoms with van der Waals surface area (Å²) in [6, 6.07) is 0. The molecule has 0 aromatic rings. The summed E-state index contributed by atoms with van der Waals surface area (Å²) >= 11 is 0. The van der Waals surface area contributed by atoms with Crippen molar-refractivity contribution in [3.05, 3.63) is 24.0 Å². The van der Waals surface area contributed by atoms with E-state index in [1.165, 1.54) is 6.34 Å². The molecule has 1 aliphatic rings. The lowest BCUT2D eigenvalue weighted by molar-refractivity contribution is 1.26. The highest BCUT2D eigenvalue weighted by atomic mass is 14.9. The van der Waals surface area contributed by atoms with Gasteiger partial charge < -0.3 is 0 Å². The van der Waals surface area contributed by atoms with Gasteiger partial charge in [0.25, 0.3) is 0 Å². The average molecular weight is 107 g/mol. The van der Waals surface area contributed by atoms with Gasteiger partial charge in [-0.3, -0.25) is 0 Å². The lowest BCUT2D eigenvalue weighted by Gasteiger charge is -1.80. The molecule has 0 saturated heterocycles. The van der Waals surface area contributed by atoms with Gasteiger partial charge in [-0.2, -0.15) is 0 Å². The van der Waals surface area contributed by atoms with E-state index in [-0.39, 0.29) is 0 Å². The summed E-state index contributed by atoms with van der Waals surface area (Å²) in [5.74, 6) is 0. The lowest BCUT2D eigenvalue weighted by atomic mass is 10.4. The lowest BCUT2D eigenvalue weighted by Crippen LogP contribution is -1.86. The van der Waals surface area contributed by atoms with E-state index in [1.54, 1.807) is 6.20 Å². The van der Waals surface area contributed by atoms with E-state index in [9.17, 15) is 0 Å². The summed E-state index contributed by atoms with van der Waals surface area (Å²) in [6.07, 6.45) is 7.02. The van der Waals surface area contributed by atoms with Gasteiger partial charge in [0.1, 0.15) is 6.34 Å². The fourth-order valence-electron chi connectivity index (χ4n) is 0.438. The van der Waals surface area contributed by atoms with Crippen LogP contribution in [0, 0.1) is 0 Å². The molecule has 0 fully saturated rings. The molecule has 0 atom stereocenters. The monoisotopic (exact) mass is 107 g/mol. The Morgan fingerprint density at radius 2 is 2.38 bits per heavy atom. The number of aliphatic imine (C=N–C) groups is 1. The van der Waals surface area contributed by atoms with Crippen molar-refractivity contribution >= 4 is 6.34 Å². The van der Waals surface area contributed by atoms with Gasteiger partial charge in [-0.1, -0.05) is 0 Å². The van der Waals surface area contributed by atoms with Crippen molar-refractivity contribution in [3.63, 3.8) is 0 Å². The topological polar surface area (TPSA) is 26.5 Å². The van der Waals surface area contributed by atoms with Gasteiger partial charge in [0.05, 0.1) is 0 Å². The number of hydrogen-bond acceptors (Lipinski definition) is 1. The van der Waals surface area contributed by atoms with E-state index >= 15 is 0 Å². The Bertz CT molecular complexity index is 154. The normalized spacial score (nSPS) is 16.9. The minimum atomic E-state index is 0.988. The van der Waals surface area contributed by atoms with Crippen LogP contribution in [0.25, 0.3) is 0 Å². The molecule has 0 N–H and O–H groups in total. The van der Waals surface area contributed by atoms with E-state index in [1.807, 2.05) is 19.1 Å². The van der Waals surface area contributed by atoms with Crippen LogP contribution in [-0.2, 0) is 0 Å². The maximum absolute atomic E-state index is 3.93. The minimum Gasteiger partial charge on any atom is -0.245 e. The molecule has 1 aliphatic heterocycles. The zero-order valence-electron chi connectivity index (χ0n) is 4.70. The fourth-order valence-corrected chi connectivity index (χ4v) is 0.438. The molecule has 41 valence electrons. The third-order valence-corrected chi connectivity index (χ3v) is 0.838. The van der Waals surface area contributed by atoms with Crippen LogP contribution in [0.5, 0.6) is 0 Å². The summed E-state index contributed by atoms with van der Waals surface area (Å²) < 4.78 is 0. The van der Waals surface area contributed by atoms with Gasteiger partial charge in [-0.25, -0.2) is 10.3 Å². The Hall–Kier alpha value is -1.05. The van der Waals surface area contributed by atoms with E-state index < -0.39 is 0 Å². The Labute approximate surface area is 48.6 Å². The molecule has 0 spiro atoms. The average Bonchev–Trinajstić information content (AvgIpc) is 1.94. The van der Waals surface area contributed by atoms with Gasteiger partial charge >= 0.3 is 0 Å². The Morgan fingerprint density at radius 1 is 1.50 bits per heavy atom. The first kappa shape index (κ1) is 5.09. The van der Waals surface area contributed by atoms with E-state index in [4.69, 9.17) is 0 Å². The molecule has 0 unspecified atom stereocenters.